The molecular weight excluding hydrogens is 462 g/mol. The second-order valence-electron chi connectivity index (χ2n) is 7.47. The van der Waals surface area contributed by atoms with Gasteiger partial charge in [-0.05, 0) is 53.6 Å². The zero-order valence-electron chi connectivity index (χ0n) is 20.8. The van der Waals surface area contributed by atoms with Gasteiger partial charge in [0, 0.05) is 11.6 Å². The molecule has 0 atom stereocenters. The predicted molar refractivity (Wildman–Crippen MR) is 140 cm³/mol. The lowest BCUT2D eigenvalue weighted by Crippen LogP contribution is -2.09. The lowest BCUT2D eigenvalue weighted by atomic mass is 10.1. The smallest absolute Gasteiger partial charge is 0.248 e. The van der Waals surface area contributed by atoms with E-state index in [1.54, 1.807) is 69.9 Å². The van der Waals surface area contributed by atoms with Crippen molar-refractivity contribution in [3.05, 3.63) is 71.3 Å². The fourth-order valence-electron chi connectivity index (χ4n) is 3.49. The average molecular weight is 492 g/mol. The van der Waals surface area contributed by atoms with Crippen molar-refractivity contribution in [3.63, 3.8) is 0 Å². The number of benzene rings is 3. The second kappa shape index (κ2) is 12.2. The van der Waals surface area contributed by atoms with Gasteiger partial charge in [-0.25, -0.2) is 0 Å². The van der Waals surface area contributed by atoms with Crippen molar-refractivity contribution in [1.29, 1.82) is 0 Å². The van der Waals surface area contributed by atoms with E-state index >= 15 is 0 Å². The highest BCUT2D eigenvalue weighted by Crippen LogP contribution is 2.40. The first kappa shape index (κ1) is 26.0. The van der Waals surface area contributed by atoms with Gasteiger partial charge in [0.2, 0.25) is 11.7 Å². The first-order chi connectivity index (χ1) is 17.4. The molecule has 188 valence electrons. The van der Waals surface area contributed by atoms with Gasteiger partial charge in [-0.1, -0.05) is 24.3 Å². The molecule has 0 aliphatic heterocycles. The summed E-state index contributed by atoms with van der Waals surface area (Å²) in [5.74, 6) is 1.79. The molecule has 3 rings (SSSR count). The van der Waals surface area contributed by atoms with Crippen LogP contribution in [0, 0.1) is 0 Å². The van der Waals surface area contributed by atoms with E-state index in [0.717, 1.165) is 11.1 Å². The number of carbonyl (C=O) groups excluding carboxylic acids is 1. The van der Waals surface area contributed by atoms with E-state index in [2.05, 4.69) is 5.32 Å². The van der Waals surface area contributed by atoms with Crippen molar-refractivity contribution in [1.82, 2.24) is 0 Å². The fraction of sp³-hybridized carbons (Fsp3) is 0.179. The number of nitrogens with one attached hydrogen (secondary N) is 1. The van der Waals surface area contributed by atoms with E-state index in [0.29, 0.717) is 28.6 Å². The third-order valence-corrected chi connectivity index (χ3v) is 5.30. The molecule has 3 aromatic rings. The quantitative estimate of drug-likeness (QED) is 0.227. The normalized spacial score (nSPS) is 10.9. The van der Waals surface area contributed by atoms with Gasteiger partial charge in [0.05, 0.1) is 41.2 Å². The summed E-state index contributed by atoms with van der Waals surface area (Å²) in [5.41, 5.74) is 2.32. The molecular formula is C28H29NO7. The topological polar surface area (TPSA) is 95.5 Å². The molecule has 2 N–H and O–H groups in total. The van der Waals surface area contributed by atoms with Crippen LogP contribution in [0.2, 0.25) is 0 Å². The molecule has 0 radical (unpaired) electrons. The van der Waals surface area contributed by atoms with Crippen LogP contribution in [0.25, 0.3) is 18.2 Å². The average Bonchev–Trinajstić information content (AvgIpc) is 2.91. The van der Waals surface area contributed by atoms with Gasteiger partial charge >= 0.3 is 0 Å². The standard InChI is InChI=1S/C28H29NO7/c1-32-21-8-6-7-18(15-21)10-14-25(30)29-26-20(12-13-22(33-2)27(26)31)11-9-19-16-23(34-3)28(36-5)24(17-19)35-4/h6-17,31H,1-5H3,(H,29,30)/b11-9?,14-10+. The SMILES string of the molecule is COc1cccc(/C=C/C(=O)Nc2c(C=Cc3cc(OC)c(OC)c(OC)c3)ccc(OC)c2O)c1. The minimum absolute atomic E-state index is 0.187. The highest BCUT2D eigenvalue weighted by molar-refractivity contribution is 6.04. The van der Waals surface area contributed by atoms with Crippen LogP contribution in [0.5, 0.6) is 34.5 Å². The Hall–Kier alpha value is -4.59. The van der Waals surface area contributed by atoms with Crippen LogP contribution in [0.4, 0.5) is 5.69 Å². The third kappa shape index (κ3) is 6.09. The second-order valence-corrected chi connectivity index (χ2v) is 7.47. The third-order valence-electron chi connectivity index (χ3n) is 5.30. The van der Waals surface area contributed by atoms with E-state index in [9.17, 15) is 9.90 Å². The molecule has 3 aromatic carbocycles. The Morgan fingerprint density at radius 1 is 0.750 bits per heavy atom. The maximum absolute atomic E-state index is 12.7. The van der Waals surface area contributed by atoms with Gasteiger partial charge in [0.15, 0.2) is 23.0 Å². The molecule has 0 bridgehead atoms. The minimum Gasteiger partial charge on any atom is -0.503 e. The van der Waals surface area contributed by atoms with Gasteiger partial charge < -0.3 is 34.1 Å². The van der Waals surface area contributed by atoms with Crippen LogP contribution < -0.4 is 29.0 Å². The molecule has 8 nitrogen and oxygen atoms in total. The molecule has 0 unspecified atom stereocenters. The fourth-order valence-corrected chi connectivity index (χ4v) is 3.49. The number of carbonyl (C=O) groups is 1. The number of rotatable bonds is 10. The summed E-state index contributed by atoms with van der Waals surface area (Å²) in [6.45, 7) is 0. The van der Waals surface area contributed by atoms with E-state index < -0.39 is 5.91 Å². The lowest BCUT2D eigenvalue weighted by Gasteiger charge is -2.14. The number of amides is 1. The Bertz CT molecular complexity index is 1260. The molecule has 0 fully saturated rings. The van der Waals surface area contributed by atoms with Gasteiger partial charge in [-0.2, -0.15) is 0 Å². The molecule has 0 aliphatic carbocycles. The van der Waals surface area contributed by atoms with Crippen molar-refractivity contribution < 1.29 is 33.6 Å². The Morgan fingerprint density at radius 2 is 1.44 bits per heavy atom. The van der Waals surface area contributed by atoms with Crippen LogP contribution in [0.15, 0.2) is 54.6 Å². The molecule has 0 aromatic heterocycles. The summed E-state index contributed by atoms with van der Waals surface area (Å²) in [7, 11) is 7.63. The van der Waals surface area contributed by atoms with Crippen molar-refractivity contribution in [2.45, 2.75) is 0 Å². The lowest BCUT2D eigenvalue weighted by molar-refractivity contribution is -0.111. The highest BCUT2D eigenvalue weighted by Gasteiger charge is 2.15. The van der Waals surface area contributed by atoms with Crippen LogP contribution in [-0.2, 0) is 4.79 Å². The highest BCUT2D eigenvalue weighted by atomic mass is 16.5. The van der Waals surface area contributed by atoms with E-state index in [1.165, 1.54) is 20.3 Å². The number of aromatic hydroxyl groups is 1. The molecule has 0 saturated carbocycles. The van der Waals surface area contributed by atoms with E-state index in [-0.39, 0.29) is 17.2 Å². The molecule has 36 heavy (non-hydrogen) atoms. The predicted octanol–water partition coefficient (Wildman–Crippen LogP) is 5.26. The van der Waals surface area contributed by atoms with Crippen molar-refractivity contribution >= 4 is 29.8 Å². The summed E-state index contributed by atoms with van der Waals surface area (Å²) in [5, 5.41) is 13.5. The number of hydrogen-bond acceptors (Lipinski definition) is 7. The van der Waals surface area contributed by atoms with Gasteiger partial charge in [0.25, 0.3) is 0 Å². The number of ether oxygens (including phenoxy) is 5. The molecule has 0 heterocycles. The first-order valence-corrected chi connectivity index (χ1v) is 10.9. The Morgan fingerprint density at radius 3 is 2.06 bits per heavy atom. The maximum Gasteiger partial charge on any atom is 0.248 e. The number of hydrogen-bond donors (Lipinski definition) is 2. The number of phenolic OH excluding ortho intramolecular Hbond substituents is 1. The maximum atomic E-state index is 12.7. The first-order valence-electron chi connectivity index (χ1n) is 10.9. The van der Waals surface area contributed by atoms with Gasteiger partial charge in [-0.3, -0.25) is 4.79 Å². The minimum atomic E-state index is -0.427. The molecule has 8 heteroatoms. The van der Waals surface area contributed by atoms with E-state index in [1.807, 2.05) is 18.2 Å². The number of anilines is 1. The molecule has 0 aliphatic rings. The largest absolute Gasteiger partial charge is 0.503 e. The molecule has 1 amide bonds. The summed E-state index contributed by atoms with van der Waals surface area (Å²) >= 11 is 0. The number of methoxy groups -OCH3 is 5. The van der Waals surface area contributed by atoms with Crippen LogP contribution in [-0.4, -0.2) is 46.6 Å². The van der Waals surface area contributed by atoms with Crippen molar-refractivity contribution in [2.24, 2.45) is 0 Å². The monoisotopic (exact) mass is 491 g/mol. The van der Waals surface area contributed by atoms with E-state index in [4.69, 9.17) is 23.7 Å². The van der Waals surface area contributed by atoms with Crippen LogP contribution >= 0.6 is 0 Å². The van der Waals surface area contributed by atoms with Crippen LogP contribution in [0.3, 0.4) is 0 Å². The summed E-state index contributed by atoms with van der Waals surface area (Å²) < 4.78 is 26.6. The van der Waals surface area contributed by atoms with Crippen molar-refractivity contribution in [2.75, 3.05) is 40.9 Å². The van der Waals surface area contributed by atoms with Gasteiger partial charge in [0.1, 0.15) is 5.75 Å². The summed E-state index contributed by atoms with van der Waals surface area (Å²) in [4.78, 5) is 12.7. The van der Waals surface area contributed by atoms with Gasteiger partial charge in [-0.15, -0.1) is 0 Å². The number of phenols is 1. The zero-order valence-corrected chi connectivity index (χ0v) is 20.8. The van der Waals surface area contributed by atoms with Crippen molar-refractivity contribution in [3.8, 4) is 34.5 Å². The molecule has 0 saturated heterocycles. The Kier molecular flexibility index (Phi) is 8.83. The summed E-state index contributed by atoms with van der Waals surface area (Å²) in [6, 6.07) is 14.2. The molecule has 0 spiro atoms. The Labute approximate surface area is 210 Å². The Balaban J connectivity index is 1.92. The summed E-state index contributed by atoms with van der Waals surface area (Å²) in [6.07, 6.45) is 6.58. The van der Waals surface area contributed by atoms with Crippen LogP contribution in [0.1, 0.15) is 16.7 Å². The zero-order chi connectivity index (χ0) is 26.1.